The first-order valence-corrected chi connectivity index (χ1v) is 7.87. The van der Waals surface area contributed by atoms with E-state index >= 15 is 0 Å². The van der Waals surface area contributed by atoms with Crippen molar-refractivity contribution in [3.63, 3.8) is 0 Å². The summed E-state index contributed by atoms with van der Waals surface area (Å²) in [5, 5.41) is 2.95. The number of ether oxygens (including phenoxy) is 2. The van der Waals surface area contributed by atoms with E-state index in [2.05, 4.69) is 5.32 Å². The average Bonchev–Trinajstić information content (AvgIpc) is 3.40. The highest BCUT2D eigenvalue weighted by atomic mass is 19.1. The fourth-order valence-corrected chi connectivity index (χ4v) is 2.97. The Hall–Kier alpha value is -2.56. The van der Waals surface area contributed by atoms with E-state index in [0.29, 0.717) is 18.0 Å². The van der Waals surface area contributed by atoms with Gasteiger partial charge < -0.3 is 14.8 Å². The van der Waals surface area contributed by atoms with E-state index in [4.69, 9.17) is 9.47 Å². The molecule has 2 aromatic rings. The number of hydrogen-bond acceptors (Lipinski definition) is 3. The zero-order valence-corrected chi connectivity index (χ0v) is 13.7. The maximum absolute atomic E-state index is 13.0. The maximum Gasteiger partial charge on any atom is 0.224 e. The van der Waals surface area contributed by atoms with Gasteiger partial charge in [0.25, 0.3) is 0 Å². The lowest BCUT2D eigenvalue weighted by atomic mass is 10.1. The van der Waals surface area contributed by atoms with Gasteiger partial charge in [0.05, 0.1) is 14.2 Å². The number of methoxy groups -OCH3 is 2. The molecule has 0 aromatic heterocycles. The molecule has 2 atom stereocenters. The number of carbonyl (C=O) groups is 1. The number of carbonyl (C=O) groups excluding carboxylic acids is 1. The molecule has 1 aliphatic rings. The molecule has 2 unspecified atom stereocenters. The normalized spacial score (nSPS) is 18.8. The van der Waals surface area contributed by atoms with Gasteiger partial charge in [-0.2, -0.15) is 0 Å². The molecule has 0 bridgehead atoms. The minimum absolute atomic E-state index is 0.00852. The largest absolute Gasteiger partial charge is 0.493 e. The van der Waals surface area contributed by atoms with E-state index in [0.717, 1.165) is 17.5 Å². The van der Waals surface area contributed by atoms with Crippen LogP contribution in [0.25, 0.3) is 0 Å². The number of para-hydroxylation sites is 1. The molecule has 126 valence electrons. The molecule has 0 saturated heterocycles. The van der Waals surface area contributed by atoms with Crippen LogP contribution >= 0.6 is 0 Å². The predicted molar refractivity (Wildman–Crippen MR) is 88.6 cm³/mol. The average molecular weight is 329 g/mol. The Kier molecular flexibility index (Phi) is 4.69. The van der Waals surface area contributed by atoms with Crippen molar-refractivity contribution in [3.05, 3.63) is 59.4 Å². The minimum Gasteiger partial charge on any atom is -0.493 e. The third kappa shape index (κ3) is 3.35. The fourth-order valence-electron chi connectivity index (χ4n) is 2.97. The van der Waals surface area contributed by atoms with Crippen LogP contribution in [-0.4, -0.2) is 20.1 Å². The van der Waals surface area contributed by atoms with Crippen LogP contribution < -0.4 is 14.8 Å². The molecule has 1 aliphatic carbocycles. The molecule has 1 fully saturated rings. The zero-order chi connectivity index (χ0) is 17.1. The van der Waals surface area contributed by atoms with Crippen LogP contribution in [-0.2, 0) is 11.3 Å². The summed E-state index contributed by atoms with van der Waals surface area (Å²) >= 11 is 0. The molecule has 0 radical (unpaired) electrons. The summed E-state index contributed by atoms with van der Waals surface area (Å²) in [4.78, 5) is 12.3. The van der Waals surface area contributed by atoms with E-state index in [-0.39, 0.29) is 23.6 Å². The van der Waals surface area contributed by atoms with Crippen LogP contribution in [0.4, 0.5) is 4.39 Å². The molecule has 3 rings (SSSR count). The van der Waals surface area contributed by atoms with E-state index in [9.17, 15) is 9.18 Å². The lowest BCUT2D eigenvalue weighted by Crippen LogP contribution is -2.25. The van der Waals surface area contributed by atoms with Crippen molar-refractivity contribution in [2.24, 2.45) is 5.92 Å². The summed E-state index contributed by atoms with van der Waals surface area (Å²) in [6.07, 6.45) is 0.798. The summed E-state index contributed by atoms with van der Waals surface area (Å²) in [6.45, 7) is 0.381. The van der Waals surface area contributed by atoms with Crippen LogP contribution in [0, 0.1) is 11.7 Å². The molecular formula is C19H20FNO3. The van der Waals surface area contributed by atoms with Gasteiger partial charge in [0, 0.05) is 18.0 Å². The Bertz CT molecular complexity index is 730. The lowest BCUT2D eigenvalue weighted by Gasteiger charge is -2.13. The minimum atomic E-state index is -0.259. The fraction of sp³-hybridized carbons (Fsp3) is 0.316. The summed E-state index contributed by atoms with van der Waals surface area (Å²) in [6, 6.07) is 11.9. The first-order chi connectivity index (χ1) is 11.6. The SMILES string of the molecule is COc1cccc(CNC(=O)C2CC2c2ccc(F)cc2)c1OC. The number of benzene rings is 2. The third-order valence-corrected chi connectivity index (χ3v) is 4.36. The summed E-state index contributed by atoms with van der Waals surface area (Å²) in [5.41, 5.74) is 1.87. The van der Waals surface area contributed by atoms with E-state index in [1.807, 2.05) is 18.2 Å². The van der Waals surface area contributed by atoms with E-state index in [1.165, 1.54) is 12.1 Å². The first kappa shape index (κ1) is 16.3. The Balaban J connectivity index is 1.60. The van der Waals surface area contributed by atoms with Gasteiger partial charge in [0.2, 0.25) is 5.91 Å². The van der Waals surface area contributed by atoms with Crippen LogP contribution in [0.1, 0.15) is 23.5 Å². The van der Waals surface area contributed by atoms with Gasteiger partial charge in [-0.25, -0.2) is 4.39 Å². The molecular weight excluding hydrogens is 309 g/mol. The molecule has 1 N–H and O–H groups in total. The molecule has 0 spiro atoms. The van der Waals surface area contributed by atoms with Crippen molar-refractivity contribution in [1.82, 2.24) is 5.32 Å². The van der Waals surface area contributed by atoms with Crippen molar-refractivity contribution in [2.45, 2.75) is 18.9 Å². The molecule has 1 amide bonds. The number of nitrogens with one attached hydrogen (secondary N) is 1. The quantitative estimate of drug-likeness (QED) is 0.885. The highest BCUT2D eigenvalue weighted by Crippen LogP contribution is 2.47. The predicted octanol–water partition coefficient (Wildman–Crippen LogP) is 3.26. The van der Waals surface area contributed by atoms with E-state index in [1.54, 1.807) is 26.4 Å². The maximum atomic E-state index is 13.0. The van der Waals surface area contributed by atoms with Crippen molar-refractivity contribution >= 4 is 5.91 Å². The lowest BCUT2D eigenvalue weighted by molar-refractivity contribution is -0.122. The monoisotopic (exact) mass is 329 g/mol. The van der Waals surface area contributed by atoms with E-state index < -0.39 is 0 Å². The van der Waals surface area contributed by atoms with Gasteiger partial charge >= 0.3 is 0 Å². The van der Waals surface area contributed by atoms with Gasteiger partial charge in [-0.1, -0.05) is 24.3 Å². The first-order valence-electron chi connectivity index (χ1n) is 7.87. The van der Waals surface area contributed by atoms with Crippen molar-refractivity contribution in [2.75, 3.05) is 14.2 Å². The van der Waals surface area contributed by atoms with Crippen molar-refractivity contribution in [3.8, 4) is 11.5 Å². The number of rotatable bonds is 6. The highest BCUT2D eigenvalue weighted by Gasteiger charge is 2.43. The summed E-state index contributed by atoms with van der Waals surface area (Å²) in [7, 11) is 3.16. The highest BCUT2D eigenvalue weighted by molar-refractivity contribution is 5.83. The Morgan fingerprint density at radius 1 is 1.17 bits per heavy atom. The standard InChI is InChI=1S/C19H20FNO3/c1-23-17-5-3-4-13(18(17)24-2)11-21-19(22)16-10-15(16)12-6-8-14(20)9-7-12/h3-9,15-16H,10-11H2,1-2H3,(H,21,22). The third-order valence-electron chi connectivity index (χ3n) is 4.36. The summed E-state index contributed by atoms with van der Waals surface area (Å²) < 4.78 is 23.6. The Morgan fingerprint density at radius 2 is 1.92 bits per heavy atom. The second kappa shape index (κ2) is 6.91. The smallest absolute Gasteiger partial charge is 0.224 e. The number of amides is 1. The molecule has 4 nitrogen and oxygen atoms in total. The molecule has 5 heteroatoms. The van der Waals surface area contributed by atoms with Crippen LogP contribution in [0.15, 0.2) is 42.5 Å². The summed E-state index contributed by atoms with van der Waals surface area (Å²) in [5.74, 6) is 1.15. The van der Waals surface area contributed by atoms with Gasteiger partial charge in [0.1, 0.15) is 5.82 Å². The van der Waals surface area contributed by atoms with Gasteiger partial charge in [0.15, 0.2) is 11.5 Å². The van der Waals surface area contributed by atoms with Crippen molar-refractivity contribution < 1.29 is 18.7 Å². The zero-order valence-electron chi connectivity index (χ0n) is 13.7. The van der Waals surface area contributed by atoms with Gasteiger partial charge in [-0.15, -0.1) is 0 Å². The second-order valence-corrected chi connectivity index (χ2v) is 5.87. The second-order valence-electron chi connectivity index (χ2n) is 5.87. The molecule has 24 heavy (non-hydrogen) atoms. The number of hydrogen-bond donors (Lipinski definition) is 1. The van der Waals surface area contributed by atoms with Crippen molar-refractivity contribution in [1.29, 1.82) is 0 Å². The van der Waals surface area contributed by atoms with Gasteiger partial charge in [-0.3, -0.25) is 4.79 Å². The van der Waals surface area contributed by atoms with Crippen LogP contribution in [0.5, 0.6) is 11.5 Å². The molecule has 1 saturated carbocycles. The molecule has 0 aliphatic heterocycles. The number of halogens is 1. The van der Waals surface area contributed by atoms with Crippen LogP contribution in [0.3, 0.4) is 0 Å². The Labute approximate surface area is 140 Å². The topological polar surface area (TPSA) is 47.6 Å². The van der Waals surface area contributed by atoms with Crippen LogP contribution in [0.2, 0.25) is 0 Å². The van der Waals surface area contributed by atoms with Gasteiger partial charge in [-0.05, 0) is 36.1 Å². The molecule has 0 heterocycles. The molecule has 2 aromatic carbocycles. The Morgan fingerprint density at radius 3 is 2.58 bits per heavy atom.